The SMILES string of the molecule is COc1cc(CO)c(C2=CCN(C)CC2)c(O)c1C(=O)C=Cc1ccccc1Cl. The van der Waals surface area contributed by atoms with Crippen molar-refractivity contribution < 1.29 is 19.7 Å². The number of hydrogen-bond donors (Lipinski definition) is 2. The Hall–Kier alpha value is -2.60. The molecule has 0 spiro atoms. The predicted molar refractivity (Wildman–Crippen MR) is 115 cm³/mol. The van der Waals surface area contributed by atoms with Crippen LogP contribution in [0.1, 0.15) is 33.5 Å². The molecule has 0 aliphatic carbocycles. The van der Waals surface area contributed by atoms with E-state index in [2.05, 4.69) is 4.90 Å². The van der Waals surface area contributed by atoms with Crippen LogP contribution < -0.4 is 4.74 Å². The molecular formula is C23H24ClNO4. The van der Waals surface area contributed by atoms with Gasteiger partial charge in [-0.1, -0.05) is 35.9 Å². The van der Waals surface area contributed by atoms with Crippen molar-refractivity contribution in [1.82, 2.24) is 4.90 Å². The molecule has 0 bridgehead atoms. The van der Waals surface area contributed by atoms with Crippen molar-refractivity contribution in [3.8, 4) is 11.5 Å². The fourth-order valence-corrected chi connectivity index (χ4v) is 3.63. The molecule has 152 valence electrons. The van der Waals surface area contributed by atoms with Crippen molar-refractivity contribution in [2.45, 2.75) is 13.0 Å². The molecule has 29 heavy (non-hydrogen) atoms. The molecule has 0 saturated heterocycles. The van der Waals surface area contributed by atoms with Gasteiger partial charge in [0.1, 0.15) is 17.1 Å². The van der Waals surface area contributed by atoms with E-state index in [4.69, 9.17) is 16.3 Å². The quantitative estimate of drug-likeness (QED) is 0.549. The first kappa shape index (κ1) is 21.1. The number of hydrogen-bond acceptors (Lipinski definition) is 5. The number of aliphatic hydroxyl groups is 1. The summed E-state index contributed by atoms with van der Waals surface area (Å²) in [5.41, 5.74) is 2.73. The van der Waals surface area contributed by atoms with Gasteiger partial charge in [0.15, 0.2) is 5.78 Å². The number of phenolic OH excluding ortho intramolecular Hbond substituents is 1. The van der Waals surface area contributed by atoms with Crippen LogP contribution in [0.5, 0.6) is 11.5 Å². The minimum Gasteiger partial charge on any atom is -0.506 e. The third kappa shape index (κ3) is 4.53. The first-order valence-electron chi connectivity index (χ1n) is 9.34. The van der Waals surface area contributed by atoms with Gasteiger partial charge in [-0.3, -0.25) is 4.79 Å². The number of halogens is 1. The average Bonchev–Trinajstić information content (AvgIpc) is 2.73. The van der Waals surface area contributed by atoms with Gasteiger partial charge in [-0.25, -0.2) is 0 Å². The number of carbonyl (C=O) groups excluding carboxylic acids is 1. The van der Waals surface area contributed by atoms with Crippen molar-refractivity contribution in [2.75, 3.05) is 27.2 Å². The lowest BCUT2D eigenvalue weighted by Gasteiger charge is -2.25. The van der Waals surface area contributed by atoms with E-state index in [-0.39, 0.29) is 23.7 Å². The number of methoxy groups -OCH3 is 1. The maximum absolute atomic E-state index is 13.0. The van der Waals surface area contributed by atoms with E-state index >= 15 is 0 Å². The van der Waals surface area contributed by atoms with E-state index in [1.807, 2.05) is 25.3 Å². The Labute approximate surface area is 175 Å². The normalized spacial score (nSPS) is 14.8. The second-order valence-electron chi connectivity index (χ2n) is 6.96. The molecule has 6 heteroatoms. The molecule has 0 atom stereocenters. The predicted octanol–water partition coefficient (Wildman–Crippen LogP) is 4.16. The van der Waals surface area contributed by atoms with Gasteiger partial charge in [0.2, 0.25) is 0 Å². The molecule has 0 radical (unpaired) electrons. The van der Waals surface area contributed by atoms with Gasteiger partial charge >= 0.3 is 0 Å². The smallest absolute Gasteiger partial charge is 0.193 e. The molecule has 2 aromatic carbocycles. The zero-order valence-corrected chi connectivity index (χ0v) is 17.2. The van der Waals surface area contributed by atoms with Gasteiger partial charge in [0.25, 0.3) is 0 Å². The highest BCUT2D eigenvalue weighted by Crippen LogP contribution is 2.40. The Kier molecular flexibility index (Phi) is 6.75. The molecule has 0 aromatic heterocycles. The van der Waals surface area contributed by atoms with Crippen molar-refractivity contribution in [3.63, 3.8) is 0 Å². The first-order chi connectivity index (χ1) is 14.0. The second-order valence-corrected chi connectivity index (χ2v) is 7.36. The van der Waals surface area contributed by atoms with Crippen LogP contribution in [0.25, 0.3) is 11.6 Å². The lowest BCUT2D eigenvalue weighted by Crippen LogP contribution is -2.24. The van der Waals surface area contributed by atoms with E-state index in [1.54, 1.807) is 24.3 Å². The van der Waals surface area contributed by atoms with Gasteiger partial charge < -0.3 is 19.8 Å². The third-order valence-corrected chi connectivity index (χ3v) is 5.38. The standard InChI is InChI=1S/C23H24ClNO4/c1-25-11-9-16(10-12-25)21-17(14-26)13-20(29-2)22(23(21)28)19(27)8-7-15-5-3-4-6-18(15)24/h3-9,13,26,28H,10-12,14H2,1-2H3. The molecule has 0 fully saturated rings. The molecule has 5 nitrogen and oxygen atoms in total. The van der Waals surface area contributed by atoms with Crippen LogP contribution in [0.3, 0.4) is 0 Å². The maximum atomic E-state index is 13.0. The number of aromatic hydroxyl groups is 1. The van der Waals surface area contributed by atoms with Crippen molar-refractivity contribution in [2.24, 2.45) is 0 Å². The number of nitrogens with zero attached hydrogens (tertiary/aromatic N) is 1. The van der Waals surface area contributed by atoms with Crippen LogP contribution in [0.2, 0.25) is 5.02 Å². The Balaban J connectivity index is 2.07. The highest BCUT2D eigenvalue weighted by atomic mass is 35.5. The summed E-state index contributed by atoms with van der Waals surface area (Å²) in [6, 6.07) is 8.79. The number of phenols is 1. The van der Waals surface area contributed by atoms with E-state index < -0.39 is 5.78 Å². The Bertz CT molecular complexity index is 981. The summed E-state index contributed by atoms with van der Waals surface area (Å²) in [6.07, 6.45) is 5.70. The summed E-state index contributed by atoms with van der Waals surface area (Å²) in [5.74, 6) is -0.353. The van der Waals surface area contributed by atoms with E-state index in [0.717, 1.165) is 18.7 Å². The van der Waals surface area contributed by atoms with Crippen LogP contribution in [0.4, 0.5) is 0 Å². The molecule has 1 aliphatic heterocycles. The molecule has 3 rings (SSSR count). The molecule has 0 saturated carbocycles. The molecular weight excluding hydrogens is 390 g/mol. The van der Waals surface area contributed by atoms with Gasteiger partial charge in [-0.05, 0) is 54.5 Å². The average molecular weight is 414 g/mol. The van der Waals surface area contributed by atoms with Crippen molar-refractivity contribution in [1.29, 1.82) is 0 Å². The van der Waals surface area contributed by atoms with Crippen LogP contribution >= 0.6 is 11.6 Å². The molecule has 2 aromatic rings. The Morgan fingerprint density at radius 3 is 2.72 bits per heavy atom. The number of likely N-dealkylation sites (N-methyl/N-ethyl adjacent to an activating group) is 1. The van der Waals surface area contributed by atoms with E-state index in [9.17, 15) is 15.0 Å². The van der Waals surface area contributed by atoms with Gasteiger partial charge in [-0.15, -0.1) is 0 Å². The zero-order valence-electron chi connectivity index (χ0n) is 16.5. The monoisotopic (exact) mass is 413 g/mol. The van der Waals surface area contributed by atoms with Gasteiger partial charge in [0.05, 0.1) is 13.7 Å². The number of ether oxygens (including phenoxy) is 1. The van der Waals surface area contributed by atoms with Crippen LogP contribution in [0.15, 0.2) is 42.5 Å². The van der Waals surface area contributed by atoms with Crippen LogP contribution in [-0.4, -0.2) is 48.1 Å². The Morgan fingerprint density at radius 2 is 2.10 bits per heavy atom. The lowest BCUT2D eigenvalue weighted by atomic mass is 9.90. The van der Waals surface area contributed by atoms with Gasteiger partial charge in [0, 0.05) is 23.7 Å². The summed E-state index contributed by atoms with van der Waals surface area (Å²) in [7, 11) is 3.45. The largest absolute Gasteiger partial charge is 0.506 e. The maximum Gasteiger partial charge on any atom is 0.193 e. The molecule has 0 unspecified atom stereocenters. The summed E-state index contributed by atoms with van der Waals surface area (Å²) in [5, 5.41) is 21.4. The topological polar surface area (TPSA) is 70.0 Å². The minimum atomic E-state index is -0.404. The first-order valence-corrected chi connectivity index (χ1v) is 9.72. The highest BCUT2D eigenvalue weighted by Gasteiger charge is 2.25. The number of benzene rings is 2. The number of rotatable bonds is 6. The van der Waals surface area contributed by atoms with E-state index in [0.29, 0.717) is 28.1 Å². The third-order valence-electron chi connectivity index (χ3n) is 5.04. The van der Waals surface area contributed by atoms with Crippen molar-refractivity contribution >= 4 is 29.0 Å². The summed E-state index contributed by atoms with van der Waals surface area (Å²) < 4.78 is 5.35. The summed E-state index contributed by atoms with van der Waals surface area (Å²) in [4.78, 5) is 15.1. The lowest BCUT2D eigenvalue weighted by molar-refractivity contribution is 0.104. The minimum absolute atomic E-state index is 0.0721. The number of ketones is 1. The summed E-state index contributed by atoms with van der Waals surface area (Å²) >= 11 is 6.15. The molecule has 2 N–H and O–H groups in total. The highest BCUT2D eigenvalue weighted by molar-refractivity contribution is 6.32. The fraction of sp³-hybridized carbons (Fsp3) is 0.261. The number of aliphatic hydroxyl groups excluding tert-OH is 1. The number of allylic oxidation sites excluding steroid dienone is 1. The second kappa shape index (κ2) is 9.27. The van der Waals surface area contributed by atoms with Crippen molar-refractivity contribution in [3.05, 3.63) is 69.8 Å². The Morgan fingerprint density at radius 1 is 1.34 bits per heavy atom. The van der Waals surface area contributed by atoms with E-state index in [1.165, 1.54) is 13.2 Å². The molecule has 1 aliphatic rings. The van der Waals surface area contributed by atoms with Gasteiger partial charge in [-0.2, -0.15) is 0 Å². The van der Waals surface area contributed by atoms with Crippen LogP contribution in [0, 0.1) is 0 Å². The fourth-order valence-electron chi connectivity index (χ4n) is 3.44. The molecule has 1 heterocycles. The number of carbonyl (C=O) groups is 1. The van der Waals surface area contributed by atoms with Crippen LogP contribution in [-0.2, 0) is 6.61 Å². The summed E-state index contributed by atoms with van der Waals surface area (Å²) in [6.45, 7) is 1.30. The zero-order chi connectivity index (χ0) is 21.0. The molecule has 0 amide bonds.